The van der Waals surface area contributed by atoms with Crippen molar-refractivity contribution in [2.75, 3.05) is 37.5 Å². The molecule has 0 saturated carbocycles. The van der Waals surface area contributed by atoms with Gasteiger partial charge in [0.25, 0.3) is 0 Å². The summed E-state index contributed by atoms with van der Waals surface area (Å²) in [5.41, 5.74) is 10.3. The fourth-order valence-corrected chi connectivity index (χ4v) is 6.22. The molecule has 8 heteroatoms. The van der Waals surface area contributed by atoms with Crippen molar-refractivity contribution in [1.82, 2.24) is 19.5 Å². The minimum atomic E-state index is 0.0645. The van der Waals surface area contributed by atoms with E-state index in [1.165, 1.54) is 45.3 Å². The van der Waals surface area contributed by atoms with E-state index >= 15 is 0 Å². The number of aryl methyl sites for hydroxylation is 1. The van der Waals surface area contributed by atoms with Gasteiger partial charge in [0.15, 0.2) is 0 Å². The maximum absolute atomic E-state index is 5.56. The fourth-order valence-electron chi connectivity index (χ4n) is 6.22. The zero-order valence-electron chi connectivity index (χ0n) is 33.6. The van der Waals surface area contributed by atoms with Crippen molar-refractivity contribution in [3.8, 4) is 23.0 Å². The third-order valence-corrected chi connectivity index (χ3v) is 9.63. The smallest absolute Gasteiger partial charge is 0.245 e. The van der Waals surface area contributed by atoms with Gasteiger partial charge in [0.05, 0.1) is 12.4 Å². The molecule has 0 atom stereocenters. The number of benzene rings is 2. The van der Waals surface area contributed by atoms with E-state index in [9.17, 15) is 0 Å². The Bertz CT molecular complexity index is 2070. The number of pyridine rings is 1. The number of nitrogens with zero attached hydrogens (tertiary/aromatic N) is 6. The van der Waals surface area contributed by atoms with Gasteiger partial charge in [-0.05, 0) is 93.1 Å². The monoisotopic (exact) mass is 702 g/mol. The van der Waals surface area contributed by atoms with Crippen molar-refractivity contribution in [3.63, 3.8) is 0 Å². The summed E-state index contributed by atoms with van der Waals surface area (Å²) in [4.78, 5) is 17.4. The number of anilines is 2. The van der Waals surface area contributed by atoms with Crippen LogP contribution < -0.4 is 9.80 Å². The van der Waals surface area contributed by atoms with Gasteiger partial charge in [-0.3, -0.25) is 0 Å². The van der Waals surface area contributed by atoms with Gasteiger partial charge < -0.3 is 23.2 Å². The van der Waals surface area contributed by atoms with Crippen molar-refractivity contribution in [2.24, 2.45) is 7.05 Å². The number of oxazole rings is 2. The van der Waals surface area contributed by atoms with Gasteiger partial charge in [0.2, 0.25) is 11.8 Å². The molecule has 0 unspecified atom stereocenters. The number of rotatable bonds is 3. The van der Waals surface area contributed by atoms with E-state index in [4.69, 9.17) is 8.83 Å². The Morgan fingerprint density at radius 2 is 1.31 bits per heavy atom. The Balaban J connectivity index is 0.000000153. The van der Waals surface area contributed by atoms with Crippen LogP contribution in [0.5, 0.6) is 0 Å². The maximum atomic E-state index is 5.56. The van der Waals surface area contributed by atoms with E-state index in [0.29, 0.717) is 5.89 Å². The second-order valence-electron chi connectivity index (χ2n) is 17.2. The quantitative estimate of drug-likeness (QED) is 0.182. The summed E-state index contributed by atoms with van der Waals surface area (Å²) < 4.78 is 13.1. The Morgan fingerprint density at radius 1 is 0.692 bits per heavy atom. The molecule has 4 aromatic heterocycles. The van der Waals surface area contributed by atoms with Crippen LogP contribution in [0.25, 0.3) is 33.9 Å². The molecule has 0 radical (unpaired) electrons. The molecule has 1 aliphatic rings. The molecule has 52 heavy (non-hydrogen) atoms. The second-order valence-corrected chi connectivity index (χ2v) is 17.2. The Hall–Kier alpha value is -4.85. The number of hydrogen-bond acceptors (Lipinski definition) is 7. The number of hydrogen-bond donors (Lipinski definition) is 0. The first kappa shape index (κ1) is 38.4. The third kappa shape index (κ3) is 8.95. The summed E-state index contributed by atoms with van der Waals surface area (Å²) in [7, 11) is 8.22. The van der Waals surface area contributed by atoms with Crippen LogP contribution in [0.15, 0.2) is 88.5 Å². The molecule has 0 amide bonds. The number of fused-ring (bicyclic) bond motifs is 2. The molecular weight excluding hydrogens is 645 g/mol. The zero-order valence-corrected chi connectivity index (χ0v) is 33.6. The standard InChI is InChI=1S/C17H22N2O.C14H19N3O.C13H17N/c1-17(2,3)12-10-14(16-18-7-9-20-16)13-6-5-8-19(4)15(13)11-12;1-14(2,3)10-8-11(13-15-6-7-18-13)16-12(9-10)17(4)5;1-13(2,3)11-6-5-10-7-8-14(4)12(10)9-11/h7,9-11H,5-6,8H2,1-4H3;6-9H,1-5H3;5-9H,1-4H3. The molecular formula is C44H58N6O2. The molecule has 2 aromatic carbocycles. The van der Waals surface area contributed by atoms with E-state index in [0.717, 1.165) is 35.9 Å². The third-order valence-electron chi connectivity index (χ3n) is 9.63. The molecule has 0 fully saturated rings. The highest BCUT2D eigenvalue weighted by Crippen LogP contribution is 2.39. The van der Waals surface area contributed by atoms with Crippen LogP contribution in [-0.2, 0) is 29.7 Å². The first-order chi connectivity index (χ1) is 24.3. The lowest BCUT2D eigenvalue weighted by molar-refractivity contribution is 0.568. The SMILES string of the molecule is CN(C)c1cc(C(C)(C)C)cc(-c2ncco2)n1.CN1CCCc2c(-c3ncco3)cc(C(C)(C)C)cc21.Cn1ccc2ccc(C(C)(C)C)cc21. The highest BCUT2D eigenvalue weighted by molar-refractivity contribution is 5.81. The Labute approximate surface area is 310 Å². The molecule has 7 rings (SSSR count). The van der Waals surface area contributed by atoms with Gasteiger partial charge in [-0.1, -0.05) is 74.4 Å². The van der Waals surface area contributed by atoms with Crippen molar-refractivity contribution in [1.29, 1.82) is 0 Å². The zero-order chi connectivity index (χ0) is 38.0. The van der Waals surface area contributed by atoms with Gasteiger partial charge in [-0.25, -0.2) is 15.0 Å². The summed E-state index contributed by atoms with van der Waals surface area (Å²) >= 11 is 0. The summed E-state index contributed by atoms with van der Waals surface area (Å²) in [6, 6.07) is 17.6. The summed E-state index contributed by atoms with van der Waals surface area (Å²) in [6.07, 6.45) is 11.0. The van der Waals surface area contributed by atoms with Crippen LogP contribution in [0.2, 0.25) is 0 Å². The molecule has 5 heterocycles. The molecule has 0 aliphatic carbocycles. The lowest BCUT2D eigenvalue weighted by Gasteiger charge is -2.31. The lowest BCUT2D eigenvalue weighted by Crippen LogP contribution is -2.26. The first-order valence-electron chi connectivity index (χ1n) is 18.3. The van der Waals surface area contributed by atoms with Crippen molar-refractivity contribution in [3.05, 3.63) is 102 Å². The molecule has 276 valence electrons. The van der Waals surface area contributed by atoms with E-state index in [1.54, 1.807) is 24.9 Å². The number of aromatic nitrogens is 4. The van der Waals surface area contributed by atoms with Crippen LogP contribution in [0, 0.1) is 0 Å². The summed E-state index contributed by atoms with van der Waals surface area (Å²) in [6.45, 7) is 21.1. The van der Waals surface area contributed by atoms with Gasteiger partial charge >= 0.3 is 0 Å². The predicted molar refractivity (Wildman–Crippen MR) is 217 cm³/mol. The minimum absolute atomic E-state index is 0.0645. The maximum Gasteiger partial charge on any atom is 0.245 e. The highest BCUT2D eigenvalue weighted by atomic mass is 16.3. The molecule has 0 saturated heterocycles. The largest absolute Gasteiger partial charge is 0.445 e. The van der Waals surface area contributed by atoms with Crippen molar-refractivity contribution >= 4 is 22.4 Å². The van der Waals surface area contributed by atoms with Crippen LogP contribution in [0.1, 0.15) is 91.0 Å². The molecule has 0 N–H and O–H groups in total. The lowest BCUT2D eigenvalue weighted by atomic mass is 9.83. The molecule has 0 spiro atoms. The van der Waals surface area contributed by atoms with E-state index in [-0.39, 0.29) is 16.2 Å². The molecule has 6 aromatic rings. The van der Waals surface area contributed by atoms with Crippen LogP contribution in [-0.4, -0.2) is 47.2 Å². The van der Waals surface area contributed by atoms with Gasteiger partial charge in [0, 0.05) is 57.7 Å². The second kappa shape index (κ2) is 15.0. The summed E-state index contributed by atoms with van der Waals surface area (Å²) in [5.74, 6) is 2.21. The molecule has 1 aliphatic heterocycles. The highest BCUT2D eigenvalue weighted by Gasteiger charge is 2.25. The topological polar surface area (TPSA) is 76.4 Å². The van der Waals surface area contributed by atoms with Crippen LogP contribution in [0.4, 0.5) is 11.5 Å². The summed E-state index contributed by atoms with van der Waals surface area (Å²) in [5, 5.41) is 1.32. The average Bonchev–Trinajstić information content (AvgIpc) is 3.87. The minimum Gasteiger partial charge on any atom is -0.445 e. The van der Waals surface area contributed by atoms with Gasteiger partial charge in [0.1, 0.15) is 24.0 Å². The van der Waals surface area contributed by atoms with Crippen molar-refractivity contribution in [2.45, 2.75) is 91.4 Å². The van der Waals surface area contributed by atoms with Gasteiger partial charge in [-0.15, -0.1) is 0 Å². The van der Waals surface area contributed by atoms with Gasteiger partial charge in [-0.2, -0.15) is 0 Å². The van der Waals surface area contributed by atoms with E-state index < -0.39 is 0 Å². The van der Waals surface area contributed by atoms with Crippen molar-refractivity contribution < 1.29 is 8.83 Å². The predicted octanol–water partition coefficient (Wildman–Crippen LogP) is 10.6. The molecule has 8 nitrogen and oxygen atoms in total. The van der Waals surface area contributed by atoms with Crippen LogP contribution >= 0.6 is 0 Å². The van der Waals surface area contributed by atoms with E-state index in [1.807, 2.05) is 25.1 Å². The van der Waals surface area contributed by atoms with E-state index in [2.05, 4.69) is 149 Å². The Morgan fingerprint density at radius 3 is 1.88 bits per heavy atom. The Kier molecular flexibility index (Phi) is 11.1. The molecule has 0 bridgehead atoms. The fraction of sp³-hybridized carbons (Fsp3) is 0.432. The average molecular weight is 703 g/mol. The van der Waals surface area contributed by atoms with Crippen LogP contribution in [0.3, 0.4) is 0 Å². The first-order valence-corrected chi connectivity index (χ1v) is 18.3. The normalized spacial score (nSPS) is 13.2.